The molecule has 1 rings (SSSR count). The third-order valence-corrected chi connectivity index (χ3v) is 1.87. The lowest BCUT2D eigenvalue weighted by molar-refractivity contribution is 0.0283. The van der Waals surface area contributed by atoms with Crippen molar-refractivity contribution in [3.63, 3.8) is 0 Å². The Hall–Kier alpha value is -1.79. The highest BCUT2D eigenvalue weighted by Gasteiger charge is 2.30. The van der Waals surface area contributed by atoms with Gasteiger partial charge >= 0.3 is 5.97 Å². The number of aliphatic hydroxyl groups is 1. The predicted octanol–water partition coefficient (Wildman–Crippen LogP) is 1.42. The van der Waals surface area contributed by atoms with Gasteiger partial charge in [0.1, 0.15) is 12.2 Å². The molecule has 1 aromatic rings. The maximum Gasteiger partial charge on any atom is 0.344 e. The van der Waals surface area contributed by atoms with Crippen LogP contribution in [0, 0.1) is 29.1 Å². The molecule has 0 radical (unpaired) electrons. The summed E-state index contributed by atoms with van der Waals surface area (Å²) in [5.41, 5.74) is -1.69. The van der Waals surface area contributed by atoms with Gasteiger partial charge < -0.3 is 9.84 Å². The van der Waals surface area contributed by atoms with Crippen LogP contribution in [0.25, 0.3) is 0 Å². The largest absolute Gasteiger partial charge is 0.459 e. The first kappa shape index (κ1) is 21.2. The van der Waals surface area contributed by atoms with Crippen molar-refractivity contribution in [1.82, 2.24) is 0 Å². The predicted molar refractivity (Wildman–Crippen MR) is 65.7 cm³/mol. The minimum Gasteiger partial charge on any atom is -0.459 e. The number of hydrogen-bond acceptors (Lipinski definition) is 5. The van der Waals surface area contributed by atoms with Gasteiger partial charge in [-0.3, -0.25) is 4.55 Å². The Balaban J connectivity index is 0.000000841. The Morgan fingerprint density at radius 1 is 1.04 bits per heavy atom. The van der Waals surface area contributed by atoms with Crippen LogP contribution < -0.4 is 0 Å². The van der Waals surface area contributed by atoms with Gasteiger partial charge in [-0.25, -0.2) is 26.7 Å². The summed E-state index contributed by atoms with van der Waals surface area (Å²) >= 11 is 0. The molecule has 0 saturated heterocycles. The molecule has 0 aliphatic rings. The first-order valence-corrected chi connectivity index (χ1v) is 7.41. The van der Waals surface area contributed by atoms with Crippen LogP contribution in [0.5, 0.6) is 0 Å². The van der Waals surface area contributed by atoms with Crippen molar-refractivity contribution in [3.8, 4) is 0 Å². The Labute approximate surface area is 127 Å². The molecule has 0 aliphatic heterocycles. The summed E-state index contributed by atoms with van der Waals surface area (Å²) in [5.74, 6) is -13.1. The fourth-order valence-electron chi connectivity index (χ4n) is 1.05. The summed E-state index contributed by atoms with van der Waals surface area (Å²) in [6.07, 6.45) is -0.428. The van der Waals surface area contributed by atoms with E-state index in [1.165, 1.54) is 6.92 Å². The van der Waals surface area contributed by atoms with Gasteiger partial charge in [-0.1, -0.05) is 0 Å². The lowest BCUT2D eigenvalue weighted by Crippen LogP contribution is -2.19. The SMILES string of the molecule is CC(O)COC(=O)c1c(F)c(F)c(F)c(F)c1F.CS(=O)(=O)O. The van der Waals surface area contributed by atoms with Gasteiger partial charge in [-0.2, -0.15) is 8.42 Å². The maximum absolute atomic E-state index is 13.1. The average molecular weight is 366 g/mol. The number of hydrogen-bond donors (Lipinski definition) is 2. The fourth-order valence-corrected chi connectivity index (χ4v) is 1.05. The monoisotopic (exact) mass is 366 g/mol. The van der Waals surface area contributed by atoms with Gasteiger partial charge in [-0.15, -0.1) is 0 Å². The molecule has 1 atom stereocenters. The van der Waals surface area contributed by atoms with Crippen LogP contribution in [-0.2, 0) is 14.9 Å². The molecule has 0 fully saturated rings. The van der Waals surface area contributed by atoms with E-state index in [1.54, 1.807) is 0 Å². The topological polar surface area (TPSA) is 101 Å². The third-order valence-electron chi connectivity index (χ3n) is 1.87. The average Bonchev–Trinajstić information content (AvgIpc) is 2.39. The molecule has 0 aromatic heterocycles. The van der Waals surface area contributed by atoms with Gasteiger partial charge in [-0.05, 0) is 6.92 Å². The van der Waals surface area contributed by atoms with Crippen molar-refractivity contribution < 1.29 is 49.6 Å². The number of esters is 1. The summed E-state index contributed by atoms with van der Waals surface area (Å²) in [4.78, 5) is 11.1. The summed E-state index contributed by atoms with van der Waals surface area (Å²) in [5, 5.41) is 8.77. The van der Waals surface area contributed by atoms with E-state index >= 15 is 0 Å². The second-order valence-electron chi connectivity index (χ2n) is 4.13. The second-order valence-corrected chi connectivity index (χ2v) is 5.59. The van der Waals surface area contributed by atoms with Gasteiger partial charge in [0.2, 0.25) is 5.82 Å². The van der Waals surface area contributed by atoms with E-state index in [9.17, 15) is 35.2 Å². The fraction of sp³-hybridized carbons (Fsp3) is 0.364. The Kier molecular flexibility index (Phi) is 7.54. The maximum atomic E-state index is 13.1. The Morgan fingerprint density at radius 3 is 1.65 bits per heavy atom. The third kappa shape index (κ3) is 6.88. The number of aliphatic hydroxyl groups excluding tert-OH is 1. The number of rotatable bonds is 3. The van der Waals surface area contributed by atoms with E-state index in [0.29, 0.717) is 6.26 Å². The molecule has 0 saturated carbocycles. The van der Waals surface area contributed by atoms with Crippen LogP contribution in [0.2, 0.25) is 0 Å². The zero-order valence-electron chi connectivity index (χ0n) is 11.6. The van der Waals surface area contributed by atoms with Crippen LogP contribution in [0.4, 0.5) is 22.0 Å². The lowest BCUT2D eigenvalue weighted by atomic mass is 10.1. The van der Waals surface area contributed by atoms with E-state index in [2.05, 4.69) is 4.74 Å². The van der Waals surface area contributed by atoms with Crippen LogP contribution in [0.1, 0.15) is 17.3 Å². The summed E-state index contributed by atoms with van der Waals surface area (Å²) in [6.45, 7) is 0.560. The number of benzene rings is 1. The van der Waals surface area contributed by atoms with Crippen LogP contribution in [0.3, 0.4) is 0 Å². The van der Waals surface area contributed by atoms with E-state index in [4.69, 9.17) is 9.66 Å². The normalized spacial score (nSPS) is 12.2. The zero-order chi connectivity index (χ0) is 18.5. The second kappa shape index (κ2) is 8.17. The van der Waals surface area contributed by atoms with Crippen LogP contribution >= 0.6 is 0 Å². The van der Waals surface area contributed by atoms with Crippen LogP contribution in [0.15, 0.2) is 0 Å². The molecule has 6 nitrogen and oxygen atoms in total. The summed E-state index contributed by atoms with van der Waals surface area (Å²) in [7, 11) is -3.67. The molecule has 0 heterocycles. The van der Waals surface area contributed by atoms with Gasteiger partial charge in [0.25, 0.3) is 10.1 Å². The molecular formula is C11H11F5O6S. The standard InChI is InChI=1S/C10H7F5O3.CH4O3S/c1-3(16)2-18-10(17)4-5(11)7(13)9(15)8(14)6(4)12;1-5(2,3)4/h3,16H,2H2,1H3;1H3,(H,2,3,4). The van der Waals surface area contributed by atoms with Crippen molar-refractivity contribution in [2.24, 2.45) is 0 Å². The molecule has 0 bridgehead atoms. The quantitative estimate of drug-likeness (QED) is 0.276. The molecular weight excluding hydrogens is 355 g/mol. The van der Waals surface area contributed by atoms with Crippen molar-refractivity contribution >= 4 is 16.1 Å². The van der Waals surface area contributed by atoms with Gasteiger partial charge in [0.05, 0.1) is 12.4 Å². The minimum absolute atomic E-state index is 0.641. The van der Waals surface area contributed by atoms with E-state index < -0.39 is 63.4 Å². The molecule has 23 heavy (non-hydrogen) atoms. The molecule has 0 spiro atoms. The minimum atomic E-state index is -3.67. The van der Waals surface area contributed by atoms with Gasteiger partial charge in [0, 0.05) is 0 Å². The van der Waals surface area contributed by atoms with Crippen molar-refractivity contribution in [1.29, 1.82) is 0 Å². The number of carbonyl (C=O) groups excluding carboxylic acids is 1. The first-order chi connectivity index (χ1) is 10.3. The van der Waals surface area contributed by atoms with Crippen molar-refractivity contribution in [3.05, 3.63) is 34.6 Å². The smallest absolute Gasteiger partial charge is 0.344 e. The molecule has 12 heteroatoms. The molecule has 132 valence electrons. The summed E-state index contributed by atoms with van der Waals surface area (Å²) < 4.78 is 94.4. The highest BCUT2D eigenvalue weighted by molar-refractivity contribution is 7.85. The zero-order valence-corrected chi connectivity index (χ0v) is 12.4. The number of carbonyl (C=O) groups is 1. The van der Waals surface area contributed by atoms with E-state index in [-0.39, 0.29) is 0 Å². The molecule has 2 N–H and O–H groups in total. The highest BCUT2D eigenvalue weighted by Crippen LogP contribution is 2.23. The first-order valence-electron chi connectivity index (χ1n) is 5.56. The Bertz CT molecular complexity index is 652. The Morgan fingerprint density at radius 2 is 1.35 bits per heavy atom. The molecule has 0 amide bonds. The van der Waals surface area contributed by atoms with Crippen molar-refractivity contribution in [2.45, 2.75) is 13.0 Å². The van der Waals surface area contributed by atoms with Crippen LogP contribution in [-0.4, -0.2) is 43.0 Å². The van der Waals surface area contributed by atoms with E-state index in [1.807, 2.05) is 0 Å². The summed E-state index contributed by atoms with van der Waals surface area (Å²) in [6, 6.07) is 0. The van der Waals surface area contributed by atoms with E-state index in [0.717, 1.165) is 0 Å². The molecule has 1 aromatic carbocycles. The highest BCUT2D eigenvalue weighted by atomic mass is 32.2. The van der Waals surface area contributed by atoms with Crippen molar-refractivity contribution in [2.75, 3.05) is 12.9 Å². The van der Waals surface area contributed by atoms with Gasteiger partial charge in [0.15, 0.2) is 23.3 Å². The number of halogens is 5. The molecule has 1 unspecified atom stereocenters. The number of ether oxygens (including phenoxy) is 1. The lowest BCUT2D eigenvalue weighted by Gasteiger charge is -2.09. The molecule has 0 aliphatic carbocycles.